The Labute approximate surface area is 125 Å². The van der Waals surface area contributed by atoms with E-state index in [-0.39, 0.29) is 18.5 Å². The Morgan fingerprint density at radius 3 is 2.24 bits per heavy atom. The molecule has 0 bridgehead atoms. The molecule has 120 valence electrons. The molecule has 1 fully saturated rings. The average Bonchev–Trinajstić information content (AvgIpc) is 2.69. The highest BCUT2D eigenvalue weighted by molar-refractivity contribution is 5.76. The number of carboxylic acid groups (broad SMARTS) is 1. The number of nitrogens with zero attached hydrogens (tertiary/aromatic N) is 3. The van der Waals surface area contributed by atoms with Gasteiger partial charge in [0.25, 0.3) is 0 Å². The van der Waals surface area contributed by atoms with Gasteiger partial charge in [-0.1, -0.05) is 6.92 Å². The zero-order valence-electron chi connectivity index (χ0n) is 13.0. The first kappa shape index (κ1) is 17.3. The molecule has 1 atom stereocenters. The topological polar surface area (TPSA) is 81.2 Å². The van der Waals surface area contributed by atoms with Gasteiger partial charge < -0.3 is 19.8 Å². The quantitative estimate of drug-likeness (QED) is 0.828. The third-order valence-corrected chi connectivity index (χ3v) is 3.78. The molecule has 1 unspecified atom stereocenters. The minimum absolute atomic E-state index is 0.0242. The normalized spacial score (nSPS) is 17.1. The summed E-state index contributed by atoms with van der Waals surface area (Å²) >= 11 is 0. The summed E-state index contributed by atoms with van der Waals surface area (Å²) in [7, 11) is 0. The number of urea groups is 1. The van der Waals surface area contributed by atoms with Gasteiger partial charge >= 0.3 is 12.0 Å². The van der Waals surface area contributed by atoms with Crippen molar-refractivity contribution in [1.29, 1.82) is 0 Å². The molecule has 21 heavy (non-hydrogen) atoms. The SMILES string of the molecule is CCN(CC(C)C(=O)O)C(=O)N1CCCN(C(C)=O)CC1. The van der Waals surface area contributed by atoms with Crippen LogP contribution < -0.4 is 0 Å². The van der Waals surface area contributed by atoms with Gasteiger partial charge in [-0.15, -0.1) is 0 Å². The van der Waals surface area contributed by atoms with E-state index in [0.717, 1.165) is 6.42 Å². The lowest BCUT2D eigenvalue weighted by Gasteiger charge is -2.30. The van der Waals surface area contributed by atoms with Crippen LogP contribution in [0.5, 0.6) is 0 Å². The largest absolute Gasteiger partial charge is 0.481 e. The van der Waals surface area contributed by atoms with Crippen LogP contribution in [-0.4, -0.2) is 77.0 Å². The van der Waals surface area contributed by atoms with Gasteiger partial charge in [0.2, 0.25) is 5.91 Å². The molecule has 0 aromatic carbocycles. The third kappa shape index (κ3) is 4.91. The number of carboxylic acids is 1. The van der Waals surface area contributed by atoms with Gasteiger partial charge in [-0.25, -0.2) is 4.79 Å². The number of rotatable bonds is 4. The highest BCUT2D eigenvalue weighted by atomic mass is 16.4. The Kier molecular flexibility index (Phi) is 6.45. The summed E-state index contributed by atoms with van der Waals surface area (Å²) in [4.78, 5) is 39.8. The van der Waals surface area contributed by atoms with Crippen LogP contribution in [0, 0.1) is 5.92 Å². The summed E-state index contributed by atoms with van der Waals surface area (Å²) < 4.78 is 0. The van der Waals surface area contributed by atoms with E-state index >= 15 is 0 Å². The predicted molar refractivity (Wildman–Crippen MR) is 77.9 cm³/mol. The summed E-state index contributed by atoms with van der Waals surface area (Å²) in [5, 5.41) is 8.96. The minimum Gasteiger partial charge on any atom is -0.481 e. The van der Waals surface area contributed by atoms with E-state index in [4.69, 9.17) is 5.11 Å². The molecule has 7 heteroatoms. The Hall–Kier alpha value is -1.79. The van der Waals surface area contributed by atoms with E-state index in [2.05, 4.69) is 0 Å². The summed E-state index contributed by atoms with van der Waals surface area (Å²) in [5.74, 6) is -1.47. The maximum absolute atomic E-state index is 12.5. The van der Waals surface area contributed by atoms with Gasteiger partial charge in [0.1, 0.15) is 0 Å². The molecule has 0 spiro atoms. The highest BCUT2D eigenvalue weighted by Crippen LogP contribution is 2.09. The lowest BCUT2D eigenvalue weighted by molar-refractivity contribution is -0.141. The van der Waals surface area contributed by atoms with E-state index in [1.807, 2.05) is 6.92 Å². The summed E-state index contributed by atoms with van der Waals surface area (Å²) in [6.45, 7) is 7.94. The fourth-order valence-corrected chi connectivity index (χ4v) is 2.37. The molecule has 1 saturated heterocycles. The first-order valence-electron chi connectivity index (χ1n) is 7.39. The maximum Gasteiger partial charge on any atom is 0.320 e. The summed E-state index contributed by atoms with van der Waals surface area (Å²) in [6.07, 6.45) is 0.747. The molecule has 0 aromatic rings. The van der Waals surface area contributed by atoms with Crippen LogP contribution in [0.1, 0.15) is 27.2 Å². The van der Waals surface area contributed by atoms with Crippen molar-refractivity contribution in [2.45, 2.75) is 27.2 Å². The molecule has 1 N–H and O–H groups in total. The molecule has 1 aliphatic heterocycles. The zero-order valence-corrected chi connectivity index (χ0v) is 13.0. The van der Waals surface area contributed by atoms with Crippen molar-refractivity contribution in [1.82, 2.24) is 14.7 Å². The lowest BCUT2D eigenvalue weighted by Crippen LogP contribution is -2.47. The first-order chi connectivity index (χ1) is 9.86. The Bertz CT molecular complexity index is 400. The first-order valence-corrected chi connectivity index (χ1v) is 7.39. The second-order valence-corrected chi connectivity index (χ2v) is 5.41. The predicted octanol–water partition coefficient (Wildman–Crippen LogP) is 0.703. The van der Waals surface area contributed by atoms with E-state index in [9.17, 15) is 14.4 Å². The molecule has 0 aliphatic carbocycles. The second kappa shape index (κ2) is 7.85. The number of amides is 3. The Morgan fingerprint density at radius 2 is 1.71 bits per heavy atom. The van der Waals surface area contributed by atoms with Crippen molar-refractivity contribution in [3.63, 3.8) is 0 Å². The van der Waals surface area contributed by atoms with Crippen LogP contribution >= 0.6 is 0 Å². The van der Waals surface area contributed by atoms with Crippen LogP contribution in [-0.2, 0) is 9.59 Å². The van der Waals surface area contributed by atoms with Crippen LogP contribution in [0.25, 0.3) is 0 Å². The molecule has 3 amide bonds. The van der Waals surface area contributed by atoms with Crippen molar-refractivity contribution in [2.24, 2.45) is 5.92 Å². The molecule has 7 nitrogen and oxygen atoms in total. The number of carbonyl (C=O) groups is 3. The average molecular weight is 299 g/mol. The van der Waals surface area contributed by atoms with Crippen molar-refractivity contribution in [3.8, 4) is 0 Å². The fourth-order valence-electron chi connectivity index (χ4n) is 2.37. The van der Waals surface area contributed by atoms with Crippen LogP contribution in [0.4, 0.5) is 4.79 Å². The van der Waals surface area contributed by atoms with Crippen LogP contribution in [0.2, 0.25) is 0 Å². The van der Waals surface area contributed by atoms with E-state index < -0.39 is 11.9 Å². The zero-order chi connectivity index (χ0) is 16.0. The third-order valence-electron chi connectivity index (χ3n) is 3.78. The van der Waals surface area contributed by atoms with Crippen molar-refractivity contribution in [3.05, 3.63) is 0 Å². The lowest BCUT2D eigenvalue weighted by atomic mass is 10.2. The second-order valence-electron chi connectivity index (χ2n) is 5.41. The summed E-state index contributed by atoms with van der Waals surface area (Å²) in [6, 6.07) is -0.143. The van der Waals surface area contributed by atoms with Crippen molar-refractivity contribution < 1.29 is 19.5 Å². The number of hydrogen-bond acceptors (Lipinski definition) is 3. The van der Waals surface area contributed by atoms with E-state index in [1.165, 1.54) is 6.92 Å². The molecule has 1 heterocycles. The van der Waals surface area contributed by atoms with E-state index in [0.29, 0.717) is 32.7 Å². The minimum atomic E-state index is -0.903. The number of hydrogen-bond donors (Lipinski definition) is 1. The molecule has 0 aromatic heterocycles. The number of carbonyl (C=O) groups excluding carboxylic acids is 2. The van der Waals surface area contributed by atoms with Gasteiger partial charge in [-0.3, -0.25) is 9.59 Å². The van der Waals surface area contributed by atoms with Gasteiger partial charge in [0.05, 0.1) is 5.92 Å². The molecule has 1 rings (SSSR count). The van der Waals surface area contributed by atoms with Gasteiger partial charge in [-0.2, -0.15) is 0 Å². The monoisotopic (exact) mass is 299 g/mol. The molecular weight excluding hydrogens is 274 g/mol. The maximum atomic E-state index is 12.5. The molecule has 0 saturated carbocycles. The fraction of sp³-hybridized carbons (Fsp3) is 0.786. The highest BCUT2D eigenvalue weighted by Gasteiger charge is 2.25. The van der Waals surface area contributed by atoms with Crippen LogP contribution in [0.3, 0.4) is 0 Å². The summed E-state index contributed by atoms with van der Waals surface area (Å²) in [5.41, 5.74) is 0. The van der Waals surface area contributed by atoms with Crippen molar-refractivity contribution in [2.75, 3.05) is 39.3 Å². The van der Waals surface area contributed by atoms with Gasteiger partial charge in [-0.05, 0) is 13.3 Å². The van der Waals surface area contributed by atoms with Crippen LogP contribution in [0.15, 0.2) is 0 Å². The smallest absolute Gasteiger partial charge is 0.320 e. The van der Waals surface area contributed by atoms with E-state index in [1.54, 1.807) is 21.6 Å². The van der Waals surface area contributed by atoms with Gasteiger partial charge in [0, 0.05) is 46.2 Å². The van der Waals surface area contributed by atoms with Crippen molar-refractivity contribution >= 4 is 17.9 Å². The molecule has 0 radical (unpaired) electrons. The standard InChI is InChI=1S/C14H25N3O4/c1-4-15(10-11(2)13(19)20)14(21)17-7-5-6-16(8-9-17)12(3)18/h11H,4-10H2,1-3H3,(H,19,20). The van der Waals surface area contributed by atoms with Gasteiger partial charge in [0.15, 0.2) is 0 Å². The molecular formula is C14H25N3O4. The Morgan fingerprint density at radius 1 is 1.14 bits per heavy atom. The molecule has 1 aliphatic rings. The Balaban J connectivity index is 2.63. The number of aliphatic carboxylic acids is 1.